The molecule has 1 aliphatic heterocycles. The molecule has 0 aromatic carbocycles. The molecule has 0 amide bonds. The van der Waals surface area contributed by atoms with Crippen molar-refractivity contribution in [1.82, 2.24) is 0 Å². The van der Waals surface area contributed by atoms with Gasteiger partial charge in [-0.15, -0.1) is 0 Å². The molecule has 2 atom stereocenters. The Labute approximate surface area is 61.6 Å². The molecule has 0 spiro atoms. The standard InChI is InChI=1S/C8H14O2/c1-2-4-7-8(10-7)5-3-6-9/h6-8H,2-5H2,1H3/t7-,8-/m1/s1. The van der Waals surface area contributed by atoms with Crippen LogP contribution < -0.4 is 0 Å². The van der Waals surface area contributed by atoms with Crippen LogP contribution in [0.4, 0.5) is 0 Å². The van der Waals surface area contributed by atoms with Crippen molar-refractivity contribution in [3.8, 4) is 0 Å². The average Bonchev–Trinajstić information content (AvgIpc) is 2.65. The maximum Gasteiger partial charge on any atom is 0.120 e. The normalized spacial score (nSPS) is 30.1. The average molecular weight is 142 g/mol. The molecule has 0 bridgehead atoms. The van der Waals surface area contributed by atoms with Crippen LogP contribution in [-0.4, -0.2) is 18.5 Å². The van der Waals surface area contributed by atoms with E-state index in [1.165, 1.54) is 6.42 Å². The van der Waals surface area contributed by atoms with Crippen LogP contribution in [0.25, 0.3) is 0 Å². The summed E-state index contributed by atoms with van der Waals surface area (Å²) in [6.07, 6.45) is 5.77. The van der Waals surface area contributed by atoms with Crippen molar-refractivity contribution in [1.29, 1.82) is 0 Å². The van der Waals surface area contributed by atoms with Gasteiger partial charge in [0.15, 0.2) is 0 Å². The van der Waals surface area contributed by atoms with E-state index in [1.807, 2.05) is 0 Å². The monoisotopic (exact) mass is 142 g/mol. The third-order valence-electron chi connectivity index (χ3n) is 1.83. The van der Waals surface area contributed by atoms with Crippen LogP contribution in [0, 0.1) is 0 Å². The predicted octanol–water partition coefficient (Wildman–Crippen LogP) is 1.53. The number of hydrogen-bond donors (Lipinski definition) is 0. The molecule has 2 nitrogen and oxygen atoms in total. The maximum atomic E-state index is 9.95. The number of epoxide rings is 1. The highest BCUT2D eigenvalue weighted by Crippen LogP contribution is 2.29. The van der Waals surface area contributed by atoms with Crippen molar-refractivity contribution >= 4 is 6.29 Å². The highest BCUT2D eigenvalue weighted by molar-refractivity contribution is 5.49. The van der Waals surface area contributed by atoms with Crippen LogP contribution in [0.1, 0.15) is 32.6 Å². The van der Waals surface area contributed by atoms with E-state index in [2.05, 4.69) is 6.92 Å². The van der Waals surface area contributed by atoms with Gasteiger partial charge in [0, 0.05) is 6.42 Å². The first-order valence-corrected chi connectivity index (χ1v) is 3.97. The molecule has 0 radical (unpaired) electrons. The van der Waals surface area contributed by atoms with Crippen molar-refractivity contribution in [2.45, 2.75) is 44.8 Å². The molecular weight excluding hydrogens is 128 g/mol. The van der Waals surface area contributed by atoms with Gasteiger partial charge < -0.3 is 9.53 Å². The Kier molecular flexibility index (Phi) is 2.87. The lowest BCUT2D eigenvalue weighted by Crippen LogP contribution is -1.93. The number of carbonyl (C=O) groups excluding carboxylic acids is 1. The second-order valence-electron chi connectivity index (χ2n) is 2.75. The Morgan fingerprint density at radius 2 is 2.10 bits per heavy atom. The van der Waals surface area contributed by atoms with Crippen LogP contribution in [0.15, 0.2) is 0 Å². The SMILES string of the molecule is CCC[C@H]1O[C@@H]1CCC=O. The number of rotatable bonds is 5. The van der Waals surface area contributed by atoms with Crippen molar-refractivity contribution < 1.29 is 9.53 Å². The Bertz CT molecular complexity index is 112. The molecule has 0 N–H and O–H groups in total. The lowest BCUT2D eigenvalue weighted by Gasteiger charge is -1.86. The van der Waals surface area contributed by atoms with Gasteiger partial charge in [0.1, 0.15) is 6.29 Å². The summed E-state index contributed by atoms with van der Waals surface area (Å²) >= 11 is 0. The van der Waals surface area contributed by atoms with Gasteiger partial charge in [-0.3, -0.25) is 0 Å². The summed E-state index contributed by atoms with van der Waals surface area (Å²) in [5.74, 6) is 0. The van der Waals surface area contributed by atoms with E-state index >= 15 is 0 Å². The smallest absolute Gasteiger partial charge is 0.120 e. The summed E-state index contributed by atoms with van der Waals surface area (Å²) in [6.45, 7) is 2.15. The molecule has 58 valence electrons. The molecule has 1 fully saturated rings. The quantitative estimate of drug-likeness (QED) is 0.430. The molecule has 0 saturated carbocycles. The lowest BCUT2D eigenvalue weighted by atomic mass is 10.1. The zero-order valence-electron chi connectivity index (χ0n) is 6.38. The fourth-order valence-electron chi connectivity index (χ4n) is 1.20. The van der Waals surface area contributed by atoms with E-state index in [0.717, 1.165) is 19.1 Å². The minimum absolute atomic E-state index is 0.408. The van der Waals surface area contributed by atoms with Gasteiger partial charge in [-0.05, 0) is 12.8 Å². The predicted molar refractivity (Wildman–Crippen MR) is 38.9 cm³/mol. The van der Waals surface area contributed by atoms with E-state index < -0.39 is 0 Å². The third kappa shape index (κ3) is 2.10. The molecule has 0 aliphatic carbocycles. The molecule has 0 unspecified atom stereocenters. The van der Waals surface area contributed by atoms with Crippen LogP contribution in [-0.2, 0) is 9.53 Å². The van der Waals surface area contributed by atoms with E-state index in [1.54, 1.807) is 0 Å². The van der Waals surface area contributed by atoms with Crippen molar-refractivity contribution in [2.75, 3.05) is 0 Å². The molecule has 10 heavy (non-hydrogen) atoms. The molecule has 1 heterocycles. The van der Waals surface area contributed by atoms with Gasteiger partial charge in [0.05, 0.1) is 12.2 Å². The van der Waals surface area contributed by atoms with Crippen LogP contribution in [0.3, 0.4) is 0 Å². The number of hydrogen-bond acceptors (Lipinski definition) is 2. The highest BCUT2D eigenvalue weighted by atomic mass is 16.6. The fourth-order valence-corrected chi connectivity index (χ4v) is 1.20. The Hall–Kier alpha value is -0.370. The molecule has 1 rings (SSSR count). The summed E-state index contributed by atoms with van der Waals surface area (Å²) in [5.41, 5.74) is 0. The minimum atomic E-state index is 0.408. The molecule has 0 aromatic heterocycles. The Morgan fingerprint density at radius 1 is 1.40 bits per heavy atom. The Morgan fingerprint density at radius 3 is 2.70 bits per heavy atom. The van der Waals surface area contributed by atoms with Gasteiger partial charge in [-0.1, -0.05) is 13.3 Å². The summed E-state index contributed by atoms with van der Waals surface area (Å²) in [7, 11) is 0. The first kappa shape index (κ1) is 7.73. The number of carbonyl (C=O) groups is 1. The number of ether oxygens (including phenoxy) is 1. The van der Waals surface area contributed by atoms with Gasteiger partial charge >= 0.3 is 0 Å². The largest absolute Gasteiger partial charge is 0.370 e. The molecular formula is C8H14O2. The van der Waals surface area contributed by atoms with Gasteiger partial charge in [-0.25, -0.2) is 0 Å². The Balaban J connectivity index is 1.96. The summed E-state index contributed by atoms with van der Waals surface area (Å²) in [5, 5.41) is 0. The molecule has 0 aromatic rings. The third-order valence-corrected chi connectivity index (χ3v) is 1.83. The zero-order chi connectivity index (χ0) is 7.40. The fraction of sp³-hybridized carbons (Fsp3) is 0.875. The van der Waals surface area contributed by atoms with Crippen molar-refractivity contribution in [2.24, 2.45) is 0 Å². The van der Waals surface area contributed by atoms with Crippen molar-refractivity contribution in [3.05, 3.63) is 0 Å². The van der Waals surface area contributed by atoms with Crippen LogP contribution >= 0.6 is 0 Å². The molecule has 2 heteroatoms. The van der Waals surface area contributed by atoms with Gasteiger partial charge in [0.2, 0.25) is 0 Å². The van der Waals surface area contributed by atoms with Gasteiger partial charge in [0.25, 0.3) is 0 Å². The van der Waals surface area contributed by atoms with E-state index in [4.69, 9.17) is 4.74 Å². The zero-order valence-corrected chi connectivity index (χ0v) is 6.38. The minimum Gasteiger partial charge on any atom is -0.370 e. The summed E-state index contributed by atoms with van der Waals surface area (Å²) in [6, 6.07) is 0. The molecule has 1 saturated heterocycles. The molecule has 1 aliphatic rings. The van der Waals surface area contributed by atoms with E-state index in [9.17, 15) is 4.79 Å². The second-order valence-corrected chi connectivity index (χ2v) is 2.75. The van der Waals surface area contributed by atoms with Crippen LogP contribution in [0.2, 0.25) is 0 Å². The lowest BCUT2D eigenvalue weighted by molar-refractivity contribution is -0.108. The first-order chi connectivity index (χ1) is 4.88. The number of aldehydes is 1. The van der Waals surface area contributed by atoms with Gasteiger partial charge in [-0.2, -0.15) is 0 Å². The van der Waals surface area contributed by atoms with Crippen molar-refractivity contribution in [3.63, 3.8) is 0 Å². The summed E-state index contributed by atoms with van der Waals surface area (Å²) in [4.78, 5) is 9.95. The summed E-state index contributed by atoms with van der Waals surface area (Å²) < 4.78 is 5.30. The maximum absolute atomic E-state index is 9.95. The van der Waals surface area contributed by atoms with E-state index in [0.29, 0.717) is 18.6 Å². The van der Waals surface area contributed by atoms with Crippen LogP contribution in [0.5, 0.6) is 0 Å². The topological polar surface area (TPSA) is 29.6 Å². The van der Waals surface area contributed by atoms with E-state index in [-0.39, 0.29) is 0 Å². The second kappa shape index (κ2) is 3.71. The highest BCUT2D eigenvalue weighted by Gasteiger charge is 2.36. The first-order valence-electron chi connectivity index (χ1n) is 3.97.